The first-order chi connectivity index (χ1) is 15.6. The summed E-state index contributed by atoms with van der Waals surface area (Å²) in [5, 5.41) is 0. The van der Waals surface area contributed by atoms with Crippen LogP contribution in [0.4, 0.5) is 0 Å². The minimum atomic E-state index is 0.555. The molecule has 32 heavy (non-hydrogen) atoms. The smallest absolute Gasteiger partial charge is 0.227 e. The second-order valence-corrected chi connectivity index (χ2v) is 9.26. The summed E-state index contributed by atoms with van der Waals surface area (Å²) in [7, 11) is 0. The van der Waals surface area contributed by atoms with Gasteiger partial charge in [-0.05, 0) is 71.8 Å². The van der Waals surface area contributed by atoms with Crippen LogP contribution in [-0.2, 0) is 0 Å². The Balaban J connectivity index is 1.58. The van der Waals surface area contributed by atoms with Crippen molar-refractivity contribution in [3.8, 4) is 34.0 Å². The molecule has 0 saturated heterocycles. The van der Waals surface area contributed by atoms with Crippen LogP contribution in [0.2, 0.25) is 0 Å². The molecule has 0 fully saturated rings. The zero-order valence-electron chi connectivity index (χ0n) is 16.5. The number of rotatable bonds is 3. The molecule has 4 aromatic carbocycles. The number of oxazole rings is 2. The van der Waals surface area contributed by atoms with Crippen molar-refractivity contribution in [2.75, 3.05) is 0 Å². The Labute approximate surface area is 200 Å². The average molecular weight is 546 g/mol. The topological polar surface area (TPSA) is 52.1 Å². The van der Waals surface area contributed by atoms with Crippen LogP contribution in [0.15, 0.2) is 103 Å². The number of hydrogen-bond acceptors (Lipinski definition) is 4. The van der Waals surface area contributed by atoms with Crippen LogP contribution in [0.25, 0.3) is 56.2 Å². The third kappa shape index (κ3) is 3.55. The largest absolute Gasteiger partial charge is 0.436 e. The molecule has 6 aromatic rings. The van der Waals surface area contributed by atoms with Gasteiger partial charge in [0.2, 0.25) is 11.8 Å². The number of nitrogens with zero attached hydrogens (tertiary/aromatic N) is 2. The van der Waals surface area contributed by atoms with E-state index in [1.54, 1.807) is 0 Å². The van der Waals surface area contributed by atoms with E-state index in [0.717, 1.165) is 53.4 Å². The van der Waals surface area contributed by atoms with E-state index in [2.05, 4.69) is 56.1 Å². The Morgan fingerprint density at radius 2 is 0.938 bits per heavy atom. The zero-order valence-corrected chi connectivity index (χ0v) is 19.7. The first-order valence-electron chi connectivity index (χ1n) is 9.96. The van der Waals surface area contributed by atoms with E-state index in [-0.39, 0.29) is 0 Å². The van der Waals surface area contributed by atoms with Crippen molar-refractivity contribution in [2.24, 2.45) is 0 Å². The van der Waals surface area contributed by atoms with E-state index in [1.807, 2.05) is 60.7 Å². The predicted octanol–water partition coefficient (Wildman–Crippen LogP) is 8.49. The third-order valence-corrected chi connectivity index (χ3v) is 6.13. The van der Waals surface area contributed by atoms with Gasteiger partial charge in [0.25, 0.3) is 0 Å². The van der Waals surface area contributed by atoms with Crippen molar-refractivity contribution >= 4 is 54.1 Å². The van der Waals surface area contributed by atoms with Crippen molar-refractivity contribution in [3.63, 3.8) is 0 Å². The molecule has 0 saturated carbocycles. The number of halogens is 2. The lowest BCUT2D eigenvalue weighted by Crippen LogP contribution is -1.87. The quantitative estimate of drug-likeness (QED) is 0.224. The van der Waals surface area contributed by atoms with E-state index in [9.17, 15) is 0 Å². The number of aromatic nitrogens is 2. The molecular weight excluding hydrogens is 532 g/mol. The Morgan fingerprint density at radius 3 is 1.44 bits per heavy atom. The molecule has 0 bridgehead atoms. The minimum Gasteiger partial charge on any atom is -0.436 e. The Bertz CT molecular complexity index is 1440. The maximum Gasteiger partial charge on any atom is 0.227 e. The van der Waals surface area contributed by atoms with Gasteiger partial charge >= 0.3 is 0 Å². The molecule has 0 amide bonds. The van der Waals surface area contributed by atoms with Crippen LogP contribution in [0.3, 0.4) is 0 Å². The molecule has 0 aliphatic carbocycles. The van der Waals surface area contributed by atoms with Crippen LogP contribution in [0, 0.1) is 0 Å². The lowest BCUT2D eigenvalue weighted by atomic mass is 9.99. The SMILES string of the molecule is Brc1cc(Br)cc(-c2cc(-c3nc4ccccc4o3)cc(-c3nc4ccccc4o3)c2)c1. The molecule has 0 N–H and O–H groups in total. The summed E-state index contributed by atoms with van der Waals surface area (Å²) in [4.78, 5) is 9.39. The van der Waals surface area contributed by atoms with Gasteiger partial charge < -0.3 is 8.83 Å². The molecule has 0 radical (unpaired) electrons. The van der Waals surface area contributed by atoms with Crippen molar-refractivity contribution < 1.29 is 8.83 Å². The van der Waals surface area contributed by atoms with E-state index in [4.69, 9.17) is 18.8 Å². The molecule has 2 aromatic heterocycles. The maximum absolute atomic E-state index is 6.06. The standard InChI is InChI=1S/C26H14Br2N2O2/c27-19-12-16(13-20(28)14-19)15-9-17(25-29-21-5-1-3-7-23(21)31-25)11-18(10-15)26-30-22-6-2-4-8-24(22)32-26/h1-14H. The first-order valence-corrected chi connectivity index (χ1v) is 11.5. The van der Waals surface area contributed by atoms with Crippen LogP contribution in [0.5, 0.6) is 0 Å². The maximum atomic E-state index is 6.06. The van der Waals surface area contributed by atoms with Crippen molar-refractivity contribution in [1.29, 1.82) is 0 Å². The highest BCUT2D eigenvalue weighted by atomic mass is 79.9. The van der Waals surface area contributed by atoms with Gasteiger partial charge in [0.1, 0.15) is 11.0 Å². The zero-order chi connectivity index (χ0) is 21.7. The van der Waals surface area contributed by atoms with Crippen LogP contribution in [0.1, 0.15) is 0 Å². The molecule has 0 aliphatic rings. The van der Waals surface area contributed by atoms with Gasteiger partial charge in [-0.3, -0.25) is 0 Å². The Hall–Kier alpha value is -3.22. The van der Waals surface area contributed by atoms with Crippen LogP contribution < -0.4 is 0 Å². The highest BCUT2D eigenvalue weighted by Crippen LogP contribution is 2.36. The van der Waals surface area contributed by atoms with E-state index < -0.39 is 0 Å². The monoisotopic (exact) mass is 544 g/mol. The fraction of sp³-hybridized carbons (Fsp3) is 0. The summed E-state index contributed by atoms with van der Waals surface area (Å²) in [6.45, 7) is 0. The molecule has 0 spiro atoms. The highest BCUT2D eigenvalue weighted by molar-refractivity contribution is 9.11. The molecule has 2 heterocycles. The number of fused-ring (bicyclic) bond motifs is 2. The third-order valence-electron chi connectivity index (χ3n) is 5.21. The minimum absolute atomic E-state index is 0.555. The summed E-state index contributed by atoms with van der Waals surface area (Å²) in [6.07, 6.45) is 0. The lowest BCUT2D eigenvalue weighted by Gasteiger charge is -2.08. The van der Waals surface area contributed by atoms with E-state index >= 15 is 0 Å². The first kappa shape index (κ1) is 19.5. The Kier molecular flexibility index (Phi) is 4.70. The predicted molar refractivity (Wildman–Crippen MR) is 133 cm³/mol. The van der Waals surface area contributed by atoms with E-state index in [1.165, 1.54) is 0 Å². The van der Waals surface area contributed by atoms with Gasteiger partial charge in [-0.1, -0.05) is 56.1 Å². The number of para-hydroxylation sites is 4. The van der Waals surface area contributed by atoms with Gasteiger partial charge in [0.05, 0.1) is 0 Å². The molecule has 6 heteroatoms. The number of benzene rings is 4. The van der Waals surface area contributed by atoms with Crippen LogP contribution >= 0.6 is 31.9 Å². The fourth-order valence-electron chi connectivity index (χ4n) is 3.75. The molecule has 0 unspecified atom stereocenters. The normalized spacial score (nSPS) is 11.4. The summed E-state index contributed by atoms with van der Waals surface area (Å²) in [5.74, 6) is 1.11. The van der Waals surface area contributed by atoms with Crippen molar-refractivity contribution in [3.05, 3.63) is 93.9 Å². The average Bonchev–Trinajstić information content (AvgIpc) is 3.42. The molecule has 4 nitrogen and oxygen atoms in total. The summed E-state index contributed by atoms with van der Waals surface area (Å²) in [5.41, 5.74) is 6.90. The van der Waals surface area contributed by atoms with Gasteiger partial charge in [0, 0.05) is 20.1 Å². The molecule has 154 valence electrons. The highest BCUT2D eigenvalue weighted by Gasteiger charge is 2.15. The van der Waals surface area contributed by atoms with Gasteiger partial charge in [-0.2, -0.15) is 0 Å². The van der Waals surface area contributed by atoms with Crippen molar-refractivity contribution in [1.82, 2.24) is 9.97 Å². The summed E-state index contributed by atoms with van der Waals surface area (Å²) in [6, 6.07) is 27.8. The Morgan fingerprint density at radius 1 is 0.500 bits per heavy atom. The van der Waals surface area contributed by atoms with Gasteiger partial charge in [0.15, 0.2) is 11.2 Å². The second-order valence-electron chi connectivity index (χ2n) is 7.43. The van der Waals surface area contributed by atoms with Crippen molar-refractivity contribution in [2.45, 2.75) is 0 Å². The molecule has 0 atom stereocenters. The van der Waals surface area contributed by atoms with Crippen LogP contribution in [-0.4, -0.2) is 9.97 Å². The van der Waals surface area contributed by atoms with Gasteiger partial charge in [-0.25, -0.2) is 9.97 Å². The number of hydrogen-bond donors (Lipinski definition) is 0. The second kappa shape index (κ2) is 7.73. The fourth-order valence-corrected chi connectivity index (χ4v) is 5.05. The lowest BCUT2D eigenvalue weighted by molar-refractivity contribution is 0.617. The van der Waals surface area contributed by atoms with Gasteiger partial charge in [-0.15, -0.1) is 0 Å². The summed E-state index contributed by atoms with van der Waals surface area (Å²) < 4.78 is 14.1. The molecular formula is C26H14Br2N2O2. The molecule has 6 rings (SSSR count). The van der Waals surface area contributed by atoms with E-state index in [0.29, 0.717) is 11.8 Å². The summed E-state index contributed by atoms with van der Waals surface area (Å²) >= 11 is 7.18. The molecule has 0 aliphatic heterocycles.